The minimum Gasteiger partial charge on any atom is -0.244 e. The van der Waals surface area contributed by atoms with E-state index >= 15 is 0 Å². The molecule has 0 fully saturated rings. The number of aromatic nitrogens is 1. The third-order valence-corrected chi connectivity index (χ3v) is 4.55. The van der Waals surface area contributed by atoms with E-state index in [9.17, 15) is 8.42 Å². The minimum atomic E-state index is -3.09. The van der Waals surface area contributed by atoms with Crippen molar-refractivity contribution in [2.75, 3.05) is 6.26 Å². The zero-order chi connectivity index (χ0) is 10.8. The number of hydrogen-bond donors (Lipinski definition) is 0. The van der Waals surface area contributed by atoms with Crippen molar-refractivity contribution in [2.24, 2.45) is 0 Å². The Balaban J connectivity index is 2.94. The maximum Gasteiger partial charge on any atom is 0.156 e. The molecule has 0 bridgehead atoms. The first-order chi connectivity index (χ1) is 6.45. The van der Waals surface area contributed by atoms with Gasteiger partial charge in [-0.3, -0.25) is 0 Å². The first-order valence-corrected chi connectivity index (χ1v) is 6.78. The average molecular weight is 230 g/mol. The highest BCUT2D eigenvalue weighted by Crippen LogP contribution is 2.24. The Hall–Kier alpha value is -0.930. The van der Waals surface area contributed by atoms with Crippen LogP contribution in [0.25, 0.3) is 0 Å². The van der Waals surface area contributed by atoms with E-state index in [4.69, 9.17) is 5.26 Å². The van der Waals surface area contributed by atoms with Gasteiger partial charge in [-0.15, -0.1) is 11.3 Å². The van der Waals surface area contributed by atoms with Gasteiger partial charge in [-0.05, 0) is 6.92 Å². The Labute approximate surface area is 87.1 Å². The molecule has 0 saturated carbocycles. The van der Waals surface area contributed by atoms with E-state index in [0.717, 1.165) is 0 Å². The zero-order valence-electron chi connectivity index (χ0n) is 7.89. The standard InChI is InChI=1S/C8H10N2O2S2/c1-6(14(2,11)12)8-10-7(3-4-9)5-13-8/h5-6H,3H2,1-2H3. The topological polar surface area (TPSA) is 70.8 Å². The molecule has 1 rings (SSSR count). The fourth-order valence-electron chi connectivity index (χ4n) is 0.855. The average Bonchev–Trinajstić information content (AvgIpc) is 2.50. The third kappa shape index (κ3) is 2.53. The normalized spacial score (nSPS) is 13.5. The van der Waals surface area contributed by atoms with E-state index in [1.165, 1.54) is 17.6 Å². The lowest BCUT2D eigenvalue weighted by molar-refractivity contribution is 0.592. The molecule has 1 atom stereocenters. The second kappa shape index (κ2) is 4.07. The summed E-state index contributed by atoms with van der Waals surface area (Å²) in [6.07, 6.45) is 1.41. The highest BCUT2D eigenvalue weighted by atomic mass is 32.2. The summed E-state index contributed by atoms with van der Waals surface area (Å²) in [5.41, 5.74) is 0.642. The summed E-state index contributed by atoms with van der Waals surface area (Å²) in [7, 11) is -3.09. The van der Waals surface area contributed by atoms with Gasteiger partial charge in [-0.1, -0.05) is 0 Å². The molecule has 0 aromatic carbocycles. The van der Waals surface area contributed by atoms with E-state index in [0.29, 0.717) is 10.7 Å². The van der Waals surface area contributed by atoms with Gasteiger partial charge in [0.2, 0.25) is 0 Å². The lowest BCUT2D eigenvalue weighted by atomic mass is 10.4. The van der Waals surface area contributed by atoms with Gasteiger partial charge in [0.1, 0.15) is 10.3 Å². The van der Waals surface area contributed by atoms with Gasteiger partial charge in [0, 0.05) is 11.6 Å². The SMILES string of the molecule is CC(c1nc(CC#N)cs1)S(C)(=O)=O. The van der Waals surface area contributed by atoms with Gasteiger partial charge in [0.05, 0.1) is 18.2 Å². The van der Waals surface area contributed by atoms with Crippen LogP contribution in [0.3, 0.4) is 0 Å². The molecule has 6 heteroatoms. The van der Waals surface area contributed by atoms with E-state index in [-0.39, 0.29) is 6.42 Å². The van der Waals surface area contributed by atoms with Gasteiger partial charge in [0.25, 0.3) is 0 Å². The molecule has 76 valence electrons. The first-order valence-electron chi connectivity index (χ1n) is 3.95. The van der Waals surface area contributed by atoms with Crippen LogP contribution in [0.2, 0.25) is 0 Å². The van der Waals surface area contributed by atoms with E-state index in [2.05, 4.69) is 4.98 Å². The van der Waals surface area contributed by atoms with Crippen LogP contribution in [0.15, 0.2) is 5.38 Å². The van der Waals surface area contributed by atoms with Crippen molar-refractivity contribution in [3.63, 3.8) is 0 Å². The number of hydrogen-bond acceptors (Lipinski definition) is 5. The number of nitriles is 1. The second-order valence-corrected chi connectivity index (χ2v) is 6.24. The molecule has 0 radical (unpaired) electrons. The lowest BCUT2D eigenvalue weighted by Gasteiger charge is -2.03. The van der Waals surface area contributed by atoms with Crippen molar-refractivity contribution in [1.29, 1.82) is 5.26 Å². The minimum absolute atomic E-state index is 0.229. The molecule has 1 heterocycles. The molecule has 0 aliphatic rings. The smallest absolute Gasteiger partial charge is 0.156 e. The molecular weight excluding hydrogens is 220 g/mol. The molecule has 0 spiro atoms. The van der Waals surface area contributed by atoms with Gasteiger partial charge in [-0.2, -0.15) is 5.26 Å². The van der Waals surface area contributed by atoms with Crippen molar-refractivity contribution in [1.82, 2.24) is 4.98 Å². The molecule has 0 N–H and O–H groups in total. The van der Waals surface area contributed by atoms with Gasteiger partial charge in [-0.25, -0.2) is 13.4 Å². The summed E-state index contributed by atoms with van der Waals surface area (Å²) in [5, 5.41) is 10.1. The Morgan fingerprint density at radius 1 is 1.71 bits per heavy atom. The molecule has 0 saturated heterocycles. The molecule has 0 aliphatic carbocycles. The van der Waals surface area contributed by atoms with Crippen LogP contribution in [0.4, 0.5) is 0 Å². The van der Waals surface area contributed by atoms with Crippen molar-refractivity contribution in [3.05, 3.63) is 16.1 Å². The number of thiazole rings is 1. The lowest BCUT2D eigenvalue weighted by Crippen LogP contribution is -2.07. The Morgan fingerprint density at radius 3 is 2.86 bits per heavy atom. The van der Waals surface area contributed by atoms with Gasteiger partial charge >= 0.3 is 0 Å². The molecule has 1 unspecified atom stereocenters. The number of rotatable bonds is 3. The summed E-state index contributed by atoms with van der Waals surface area (Å²) in [5.74, 6) is 0. The molecule has 1 aromatic rings. The summed E-state index contributed by atoms with van der Waals surface area (Å²) < 4.78 is 22.4. The van der Waals surface area contributed by atoms with Crippen molar-refractivity contribution < 1.29 is 8.42 Å². The quantitative estimate of drug-likeness (QED) is 0.785. The van der Waals surface area contributed by atoms with E-state index in [1.54, 1.807) is 12.3 Å². The van der Waals surface area contributed by atoms with Gasteiger partial charge < -0.3 is 0 Å². The highest BCUT2D eigenvalue weighted by Gasteiger charge is 2.20. The van der Waals surface area contributed by atoms with Gasteiger partial charge in [0.15, 0.2) is 9.84 Å². The predicted octanol–water partition coefficient (Wildman–Crippen LogP) is 1.31. The molecule has 0 amide bonds. The van der Waals surface area contributed by atoms with Crippen LogP contribution < -0.4 is 0 Å². The molecule has 0 aliphatic heterocycles. The molecule has 14 heavy (non-hydrogen) atoms. The Morgan fingerprint density at radius 2 is 2.36 bits per heavy atom. The first kappa shape index (κ1) is 11.1. The van der Waals surface area contributed by atoms with Crippen molar-refractivity contribution in [2.45, 2.75) is 18.6 Å². The van der Waals surface area contributed by atoms with Crippen LogP contribution >= 0.6 is 11.3 Å². The van der Waals surface area contributed by atoms with Crippen LogP contribution in [0, 0.1) is 11.3 Å². The molecule has 1 aromatic heterocycles. The van der Waals surface area contributed by atoms with Crippen LogP contribution in [-0.4, -0.2) is 19.7 Å². The fourth-order valence-corrected chi connectivity index (χ4v) is 2.72. The predicted molar refractivity (Wildman–Crippen MR) is 54.7 cm³/mol. The second-order valence-electron chi connectivity index (χ2n) is 2.98. The monoisotopic (exact) mass is 230 g/mol. The molecule has 4 nitrogen and oxygen atoms in total. The van der Waals surface area contributed by atoms with Crippen LogP contribution in [0.1, 0.15) is 22.9 Å². The zero-order valence-corrected chi connectivity index (χ0v) is 9.52. The maximum absolute atomic E-state index is 11.2. The Kier molecular flexibility index (Phi) is 3.24. The summed E-state index contributed by atoms with van der Waals surface area (Å²) >= 11 is 1.28. The number of nitrogens with zero attached hydrogens (tertiary/aromatic N) is 2. The number of sulfone groups is 1. The summed E-state index contributed by atoms with van der Waals surface area (Å²) in [4.78, 5) is 4.08. The highest BCUT2D eigenvalue weighted by molar-refractivity contribution is 7.91. The largest absolute Gasteiger partial charge is 0.244 e. The fraction of sp³-hybridized carbons (Fsp3) is 0.500. The van der Waals surface area contributed by atoms with Crippen LogP contribution in [-0.2, 0) is 16.3 Å². The summed E-state index contributed by atoms with van der Waals surface area (Å²) in [6.45, 7) is 1.60. The van der Waals surface area contributed by atoms with Crippen molar-refractivity contribution in [3.8, 4) is 6.07 Å². The summed E-state index contributed by atoms with van der Waals surface area (Å²) in [6, 6.07) is 1.97. The maximum atomic E-state index is 11.2. The van der Waals surface area contributed by atoms with Crippen molar-refractivity contribution >= 4 is 21.2 Å². The molecular formula is C8H10N2O2S2. The van der Waals surface area contributed by atoms with E-state index < -0.39 is 15.1 Å². The Bertz CT molecular complexity index is 456. The third-order valence-electron chi connectivity index (χ3n) is 1.82. The van der Waals surface area contributed by atoms with E-state index in [1.807, 2.05) is 6.07 Å². The van der Waals surface area contributed by atoms with Crippen LogP contribution in [0.5, 0.6) is 0 Å².